The molecule has 15 rings (SSSR count). The van der Waals surface area contributed by atoms with Crippen molar-refractivity contribution < 1.29 is 41.7 Å². The third-order valence-corrected chi connectivity index (χ3v) is 22.7. The molecular formula is C84H102F6N24O3. The van der Waals surface area contributed by atoms with Gasteiger partial charge in [-0.3, -0.25) is 0 Å². The van der Waals surface area contributed by atoms with Crippen molar-refractivity contribution in [3.05, 3.63) is 179 Å². The number of aryl methyl sites for hydroxylation is 3. The molecule has 33 heteroatoms. The van der Waals surface area contributed by atoms with E-state index in [1.165, 1.54) is 18.2 Å². The lowest BCUT2D eigenvalue weighted by molar-refractivity contribution is 0.0359. The molecular weight excluding hydrogens is 1510 g/mol. The number of aliphatic hydroxyl groups is 3. The van der Waals surface area contributed by atoms with Gasteiger partial charge in [0.25, 0.3) is 0 Å². The van der Waals surface area contributed by atoms with E-state index in [2.05, 4.69) is 111 Å². The Morgan fingerprint density at radius 2 is 0.607 bits per heavy atom. The van der Waals surface area contributed by atoms with Gasteiger partial charge in [0.15, 0.2) is 34.9 Å². The van der Waals surface area contributed by atoms with Gasteiger partial charge in [0.1, 0.15) is 68.6 Å². The van der Waals surface area contributed by atoms with Gasteiger partial charge in [-0.2, -0.15) is 0 Å². The first-order valence-electron chi connectivity index (χ1n) is 39.7. The third-order valence-electron chi connectivity index (χ3n) is 22.7. The first kappa shape index (κ1) is 84.3. The maximum absolute atomic E-state index is 15.0. The number of nitrogens with zero attached hydrogens (tertiary/aromatic N) is 18. The van der Waals surface area contributed by atoms with Gasteiger partial charge in [-0.1, -0.05) is 39.0 Å². The summed E-state index contributed by atoms with van der Waals surface area (Å²) < 4.78 is 95.1. The van der Waals surface area contributed by atoms with E-state index >= 15 is 0 Å². The van der Waals surface area contributed by atoms with Gasteiger partial charge in [0.05, 0.1) is 53.5 Å². The number of piperidine rings is 3. The number of nitrogens with two attached hydrogens (primary N) is 3. The number of anilines is 6. The summed E-state index contributed by atoms with van der Waals surface area (Å²) in [6.45, 7) is 31.6. The van der Waals surface area contributed by atoms with Gasteiger partial charge in [-0.15, -0.1) is 0 Å². The largest absolute Gasteiger partial charge is 0.386 e. The second kappa shape index (κ2) is 34.9. The van der Waals surface area contributed by atoms with Crippen LogP contribution in [-0.2, 0) is 0 Å². The van der Waals surface area contributed by atoms with Crippen LogP contribution in [0.15, 0.2) is 110 Å². The standard InChI is InChI=1S/3C28H34F2N8O/c3*1-5-37-10-8-28(31,9-11-37)26(39)18-6-7-23(32-14-18)35-27-33-15-21(30)24(36-27)19-12-20(29)25-22(13-19)38(16(2)3)17(4)34-25/h3*6-7,12-16,26,39H,5,8-11,31H2,1-4H3,(H,32,33,35,36)/t2*26-;/m10./s1. The number of aliphatic hydroxyl groups excluding tert-OH is 3. The lowest BCUT2D eigenvalue weighted by Crippen LogP contribution is -2.54. The van der Waals surface area contributed by atoms with Gasteiger partial charge in [0, 0.05) is 86.7 Å². The van der Waals surface area contributed by atoms with Crippen LogP contribution in [0.4, 0.5) is 61.6 Å². The Balaban J connectivity index is 0.000000152. The van der Waals surface area contributed by atoms with Crippen molar-refractivity contribution in [1.29, 1.82) is 0 Å². The first-order chi connectivity index (χ1) is 55.8. The van der Waals surface area contributed by atoms with Crippen LogP contribution in [0, 0.1) is 55.7 Å². The summed E-state index contributed by atoms with van der Waals surface area (Å²) in [7, 11) is 0. The van der Waals surface area contributed by atoms with Crippen molar-refractivity contribution in [2.75, 3.05) is 74.9 Å². The SMILES string of the molecule is CCN1CCC(N)(C(O)c2ccc(Nc3ncc(F)c(-c4cc(F)c5nc(C)n(C(C)C)c5c4)n3)nc2)CC1.CCN1CCC(N)([C@@H](O)c2ccc(Nc3ncc(F)c(-c4cc(F)c5nc(C)n(C(C)C)c5c4)n3)nc2)CC1.CCN1CCC(N)([C@H](O)c2ccc(Nc3ncc(F)c(-c4cc(F)c5nc(C)n(C(C)C)c5c4)n3)nc2)CC1. The molecule has 618 valence electrons. The van der Waals surface area contributed by atoms with Gasteiger partial charge in [0.2, 0.25) is 17.8 Å². The van der Waals surface area contributed by atoms with Crippen molar-refractivity contribution in [3.8, 4) is 33.8 Å². The van der Waals surface area contributed by atoms with E-state index in [4.69, 9.17) is 17.2 Å². The van der Waals surface area contributed by atoms with Crippen molar-refractivity contribution in [3.63, 3.8) is 0 Å². The van der Waals surface area contributed by atoms with Crippen molar-refractivity contribution in [2.45, 2.75) is 175 Å². The molecule has 12 aromatic rings. The molecule has 27 nitrogen and oxygen atoms in total. The summed E-state index contributed by atoms with van der Waals surface area (Å²) in [4.78, 5) is 58.1. The van der Waals surface area contributed by atoms with Crippen molar-refractivity contribution in [2.24, 2.45) is 17.2 Å². The molecule has 0 aliphatic carbocycles. The number of fused-ring (bicyclic) bond motifs is 3. The monoisotopic (exact) mass is 1610 g/mol. The fourth-order valence-corrected chi connectivity index (χ4v) is 16.0. The van der Waals surface area contributed by atoms with Gasteiger partial charge >= 0.3 is 0 Å². The molecule has 3 aliphatic heterocycles. The topological polar surface area (TPSA) is 354 Å². The first-order valence-corrected chi connectivity index (χ1v) is 39.7. The number of hydrogen-bond acceptors (Lipinski definition) is 24. The van der Waals surface area contributed by atoms with E-state index in [1.807, 2.05) is 76.0 Å². The fourth-order valence-electron chi connectivity index (χ4n) is 16.0. The molecule has 12 N–H and O–H groups in total. The minimum absolute atomic E-state index is 0.0435. The zero-order valence-corrected chi connectivity index (χ0v) is 67.9. The van der Waals surface area contributed by atoms with E-state index in [9.17, 15) is 41.7 Å². The van der Waals surface area contributed by atoms with Crippen molar-refractivity contribution in [1.82, 2.24) is 88.2 Å². The van der Waals surface area contributed by atoms with E-state index in [1.54, 1.807) is 73.2 Å². The molecule has 3 fully saturated rings. The summed E-state index contributed by atoms with van der Waals surface area (Å²) in [5.41, 5.74) is 22.5. The molecule has 3 saturated heterocycles. The Morgan fingerprint density at radius 3 is 0.821 bits per heavy atom. The smallest absolute Gasteiger partial charge is 0.229 e. The molecule has 117 heavy (non-hydrogen) atoms. The molecule has 3 aromatic carbocycles. The highest BCUT2D eigenvalue weighted by atomic mass is 19.1. The Morgan fingerprint density at radius 1 is 0.359 bits per heavy atom. The highest BCUT2D eigenvalue weighted by Crippen LogP contribution is 2.40. The zero-order chi connectivity index (χ0) is 83.7. The maximum atomic E-state index is 15.0. The van der Waals surface area contributed by atoms with Gasteiger partial charge in [-0.25, -0.2) is 86.2 Å². The molecule has 9 aromatic heterocycles. The normalized spacial score (nSPS) is 16.6. The van der Waals surface area contributed by atoms with Gasteiger partial charge < -0.3 is 76.9 Å². The lowest BCUT2D eigenvalue weighted by atomic mass is 9.80. The minimum Gasteiger partial charge on any atom is -0.386 e. The molecule has 3 atom stereocenters. The number of rotatable bonds is 21. The van der Waals surface area contributed by atoms with Crippen LogP contribution >= 0.6 is 0 Å². The van der Waals surface area contributed by atoms with Crippen LogP contribution in [-0.4, -0.2) is 179 Å². The number of halogens is 6. The number of nitrogens with one attached hydrogen (secondary N) is 3. The molecule has 0 bridgehead atoms. The lowest BCUT2D eigenvalue weighted by Gasteiger charge is -2.41. The summed E-state index contributed by atoms with van der Waals surface area (Å²) >= 11 is 0. The number of aromatic nitrogens is 15. The Hall–Kier alpha value is -10.6. The summed E-state index contributed by atoms with van der Waals surface area (Å²) in [6, 6.07) is 19.2. The Labute approximate surface area is 674 Å². The molecule has 3 aliphatic rings. The third kappa shape index (κ3) is 18.0. The fraction of sp³-hybridized carbons (Fsp3) is 0.429. The number of imidazole rings is 3. The molecule has 0 spiro atoms. The maximum Gasteiger partial charge on any atom is 0.229 e. The van der Waals surface area contributed by atoms with Crippen LogP contribution in [0.3, 0.4) is 0 Å². The van der Waals surface area contributed by atoms with Crippen LogP contribution < -0.4 is 33.2 Å². The van der Waals surface area contributed by atoms with Crippen LogP contribution in [0.5, 0.6) is 0 Å². The highest BCUT2D eigenvalue weighted by molar-refractivity contribution is 5.85. The van der Waals surface area contributed by atoms with Crippen LogP contribution in [0.25, 0.3) is 66.9 Å². The molecule has 1 unspecified atom stereocenters. The van der Waals surface area contributed by atoms with E-state index in [0.717, 1.165) is 77.5 Å². The zero-order valence-electron chi connectivity index (χ0n) is 67.9. The molecule has 12 heterocycles. The average Bonchev–Trinajstić information content (AvgIpc) is 1.64. The van der Waals surface area contributed by atoms with Crippen LogP contribution in [0.1, 0.15) is 171 Å². The minimum atomic E-state index is -0.848. The number of benzene rings is 3. The molecule has 0 radical (unpaired) electrons. The van der Waals surface area contributed by atoms with E-state index < -0.39 is 69.8 Å². The van der Waals surface area contributed by atoms with E-state index in [0.29, 0.717) is 107 Å². The highest BCUT2D eigenvalue weighted by Gasteiger charge is 2.41. The predicted octanol–water partition coefficient (Wildman–Crippen LogP) is 13.9. The molecule has 0 amide bonds. The predicted molar refractivity (Wildman–Crippen MR) is 440 cm³/mol. The van der Waals surface area contributed by atoms with Crippen molar-refractivity contribution >= 4 is 68.4 Å². The average molecular weight is 1610 g/mol. The van der Waals surface area contributed by atoms with E-state index in [-0.39, 0.29) is 86.3 Å². The number of likely N-dealkylation sites (tertiary alicyclic amines) is 3. The summed E-state index contributed by atoms with van der Waals surface area (Å²) in [6.07, 6.45) is 9.43. The number of pyridine rings is 3. The summed E-state index contributed by atoms with van der Waals surface area (Å²) in [5.74, 6) is -0.142. The molecule has 0 saturated carbocycles. The Bertz CT molecular complexity index is 4970. The second-order valence-electron chi connectivity index (χ2n) is 31.5. The van der Waals surface area contributed by atoms with Gasteiger partial charge in [-0.05, 0) is 214 Å². The summed E-state index contributed by atoms with van der Waals surface area (Å²) in [5, 5.41) is 41.8. The van der Waals surface area contributed by atoms with Crippen LogP contribution in [0.2, 0.25) is 0 Å². The second-order valence-corrected chi connectivity index (χ2v) is 31.5. The number of hydrogen-bond donors (Lipinski definition) is 9. The Kier molecular flexibility index (Phi) is 25.1. The quantitative estimate of drug-likeness (QED) is 0.0302.